The van der Waals surface area contributed by atoms with Crippen molar-refractivity contribution in [2.45, 2.75) is 39.8 Å². The van der Waals surface area contributed by atoms with Gasteiger partial charge in [0.05, 0.1) is 6.10 Å². The van der Waals surface area contributed by atoms with Gasteiger partial charge in [-0.05, 0) is 18.8 Å². The van der Waals surface area contributed by atoms with Crippen molar-refractivity contribution in [3.63, 3.8) is 0 Å². The number of aliphatic hydroxyl groups is 1. The van der Waals surface area contributed by atoms with Crippen LogP contribution >= 0.6 is 0 Å². The Bertz CT molecular complexity index is 487. The SMILES string of the molecule is CC(O)CC(C)(C)CNC(=O)Cn1ncn(C)c1=O. The van der Waals surface area contributed by atoms with Crippen molar-refractivity contribution < 1.29 is 9.90 Å². The highest BCUT2D eigenvalue weighted by Crippen LogP contribution is 2.20. The number of hydrogen-bond acceptors (Lipinski definition) is 4. The van der Waals surface area contributed by atoms with E-state index in [-0.39, 0.29) is 23.6 Å². The van der Waals surface area contributed by atoms with Crippen LogP contribution in [0, 0.1) is 5.41 Å². The van der Waals surface area contributed by atoms with Gasteiger partial charge in [-0.15, -0.1) is 0 Å². The van der Waals surface area contributed by atoms with E-state index in [2.05, 4.69) is 10.4 Å². The van der Waals surface area contributed by atoms with E-state index in [9.17, 15) is 14.7 Å². The predicted molar refractivity (Wildman–Crippen MR) is 70.6 cm³/mol. The standard InChI is InChI=1S/C12H22N4O3/c1-9(17)5-12(2,3)7-13-10(18)6-16-11(19)15(4)8-14-16/h8-9,17H,5-7H2,1-4H3,(H,13,18). The molecule has 7 heteroatoms. The van der Waals surface area contributed by atoms with Crippen LogP contribution in [-0.4, -0.2) is 38.0 Å². The molecule has 0 aromatic carbocycles. The summed E-state index contributed by atoms with van der Waals surface area (Å²) in [6, 6.07) is 0. The first-order valence-corrected chi connectivity index (χ1v) is 6.24. The van der Waals surface area contributed by atoms with Gasteiger partial charge in [0.2, 0.25) is 5.91 Å². The molecule has 108 valence electrons. The molecule has 0 saturated carbocycles. The quantitative estimate of drug-likeness (QED) is 0.729. The molecule has 0 aliphatic carbocycles. The summed E-state index contributed by atoms with van der Waals surface area (Å²) in [6.07, 6.45) is 1.55. The maximum Gasteiger partial charge on any atom is 0.345 e. The summed E-state index contributed by atoms with van der Waals surface area (Å²) in [4.78, 5) is 23.2. The number of amides is 1. The van der Waals surface area contributed by atoms with Crippen molar-refractivity contribution in [3.05, 3.63) is 16.8 Å². The summed E-state index contributed by atoms with van der Waals surface area (Å²) in [5.74, 6) is -0.264. The van der Waals surface area contributed by atoms with Crippen molar-refractivity contribution in [3.8, 4) is 0 Å². The number of carbonyl (C=O) groups is 1. The monoisotopic (exact) mass is 270 g/mol. The molecule has 0 bridgehead atoms. The first-order valence-electron chi connectivity index (χ1n) is 6.24. The van der Waals surface area contributed by atoms with E-state index in [1.807, 2.05) is 13.8 Å². The molecule has 0 saturated heterocycles. The molecule has 1 aromatic rings. The summed E-state index contributed by atoms with van der Waals surface area (Å²) in [6.45, 7) is 6.00. The van der Waals surface area contributed by atoms with E-state index >= 15 is 0 Å². The first kappa shape index (κ1) is 15.4. The van der Waals surface area contributed by atoms with Crippen molar-refractivity contribution in [1.29, 1.82) is 0 Å². The summed E-state index contributed by atoms with van der Waals surface area (Å²) < 4.78 is 2.42. The van der Waals surface area contributed by atoms with E-state index in [4.69, 9.17) is 0 Å². The minimum Gasteiger partial charge on any atom is -0.393 e. The molecule has 1 atom stereocenters. The third-order valence-corrected chi connectivity index (χ3v) is 2.79. The van der Waals surface area contributed by atoms with Crippen LogP contribution in [0.15, 0.2) is 11.1 Å². The molecule has 0 aliphatic heterocycles. The van der Waals surface area contributed by atoms with E-state index in [1.165, 1.54) is 10.9 Å². The van der Waals surface area contributed by atoms with Crippen molar-refractivity contribution in [1.82, 2.24) is 19.7 Å². The lowest BCUT2D eigenvalue weighted by Crippen LogP contribution is -2.39. The predicted octanol–water partition coefficient (Wildman–Crippen LogP) is -0.505. The van der Waals surface area contributed by atoms with Crippen LogP contribution in [0.1, 0.15) is 27.2 Å². The first-order chi connectivity index (χ1) is 8.71. The molecule has 1 aromatic heterocycles. The van der Waals surface area contributed by atoms with Gasteiger partial charge in [0.1, 0.15) is 12.9 Å². The molecule has 0 fully saturated rings. The molecule has 0 radical (unpaired) electrons. The van der Waals surface area contributed by atoms with Gasteiger partial charge in [-0.2, -0.15) is 5.10 Å². The molecule has 1 amide bonds. The van der Waals surface area contributed by atoms with E-state index in [0.29, 0.717) is 13.0 Å². The van der Waals surface area contributed by atoms with Crippen LogP contribution in [0.2, 0.25) is 0 Å². The highest BCUT2D eigenvalue weighted by Gasteiger charge is 2.21. The van der Waals surface area contributed by atoms with Crippen molar-refractivity contribution in [2.24, 2.45) is 12.5 Å². The Morgan fingerprint density at radius 3 is 2.68 bits per heavy atom. The Morgan fingerprint density at radius 2 is 2.21 bits per heavy atom. The molecule has 1 unspecified atom stereocenters. The van der Waals surface area contributed by atoms with Gasteiger partial charge in [0.15, 0.2) is 0 Å². The zero-order chi connectivity index (χ0) is 14.6. The van der Waals surface area contributed by atoms with Gasteiger partial charge in [-0.3, -0.25) is 9.36 Å². The van der Waals surface area contributed by atoms with Gasteiger partial charge in [-0.25, -0.2) is 9.48 Å². The van der Waals surface area contributed by atoms with Gasteiger partial charge >= 0.3 is 5.69 Å². The number of rotatable bonds is 6. The van der Waals surface area contributed by atoms with Crippen LogP contribution in [0.5, 0.6) is 0 Å². The molecular formula is C12H22N4O3. The molecule has 1 heterocycles. The fraction of sp³-hybridized carbons (Fsp3) is 0.750. The minimum atomic E-state index is -0.412. The molecule has 1 rings (SSSR count). The smallest absolute Gasteiger partial charge is 0.345 e. The van der Waals surface area contributed by atoms with Gasteiger partial charge < -0.3 is 10.4 Å². The largest absolute Gasteiger partial charge is 0.393 e. The zero-order valence-electron chi connectivity index (χ0n) is 11.9. The number of nitrogens with zero attached hydrogens (tertiary/aromatic N) is 3. The summed E-state index contributed by atoms with van der Waals surface area (Å²) in [5.41, 5.74) is -0.516. The third kappa shape index (κ3) is 4.86. The third-order valence-electron chi connectivity index (χ3n) is 2.79. The Kier molecular flexibility index (Phi) is 4.88. The fourth-order valence-corrected chi connectivity index (χ4v) is 1.93. The lowest BCUT2D eigenvalue weighted by atomic mass is 9.87. The molecular weight excluding hydrogens is 248 g/mol. The van der Waals surface area contributed by atoms with Crippen molar-refractivity contribution >= 4 is 5.91 Å². The van der Waals surface area contributed by atoms with E-state index in [0.717, 1.165) is 4.68 Å². The fourth-order valence-electron chi connectivity index (χ4n) is 1.93. The Hall–Kier alpha value is -1.63. The van der Waals surface area contributed by atoms with Gasteiger partial charge in [0, 0.05) is 13.6 Å². The van der Waals surface area contributed by atoms with Crippen molar-refractivity contribution in [2.75, 3.05) is 6.54 Å². The average Bonchev–Trinajstić information content (AvgIpc) is 2.57. The number of nitrogens with one attached hydrogen (secondary N) is 1. The molecule has 0 spiro atoms. The molecule has 19 heavy (non-hydrogen) atoms. The van der Waals surface area contributed by atoms with E-state index in [1.54, 1.807) is 14.0 Å². The Balaban J connectivity index is 2.48. The maximum atomic E-state index is 11.7. The Labute approximate surface area is 112 Å². The van der Waals surface area contributed by atoms with Crippen LogP contribution in [0.25, 0.3) is 0 Å². The maximum absolute atomic E-state index is 11.7. The summed E-state index contributed by atoms with van der Waals surface area (Å²) >= 11 is 0. The van der Waals surface area contributed by atoms with E-state index < -0.39 is 6.10 Å². The number of aryl methyl sites for hydroxylation is 1. The number of aliphatic hydroxyl groups excluding tert-OH is 1. The topological polar surface area (TPSA) is 89.2 Å². The van der Waals surface area contributed by atoms with Gasteiger partial charge in [0.25, 0.3) is 0 Å². The lowest BCUT2D eigenvalue weighted by Gasteiger charge is -2.26. The number of carbonyl (C=O) groups excluding carboxylic acids is 1. The minimum absolute atomic E-state index is 0.0928. The molecule has 2 N–H and O–H groups in total. The second-order valence-corrected chi connectivity index (χ2v) is 5.68. The second kappa shape index (κ2) is 6.01. The number of hydrogen-bond donors (Lipinski definition) is 2. The molecule has 7 nitrogen and oxygen atoms in total. The Morgan fingerprint density at radius 1 is 1.58 bits per heavy atom. The molecule has 0 aliphatic rings. The highest BCUT2D eigenvalue weighted by atomic mass is 16.3. The van der Waals surface area contributed by atoms with Crippen LogP contribution < -0.4 is 11.0 Å². The highest BCUT2D eigenvalue weighted by molar-refractivity contribution is 5.75. The second-order valence-electron chi connectivity index (χ2n) is 5.68. The lowest BCUT2D eigenvalue weighted by molar-refractivity contribution is -0.122. The average molecular weight is 270 g/mol. The normalized spacial score (nSPS) is 13.3. The van der Waals surface area contributed by atoms with Crippen LogP contribution in [0.4, 0.5) is 0 Å². The zero-order valence-corrected chi connectivity index (χ0v) is 11.9. The number of aromatic nitrogens is 3. The summed E-state index contributed by atoms with van der Waals surface area (Å²) in [5, 5.41) is 15.9. The summed E-state index contributed by atoms with van der Waals surface area (Å²) in [7, 11) is 1.58. The van der Waals surface area contributed by atoms with Crippen LogP contribution in [0.3, 0.4) is 0 Å². The van der Waals surface area contributed by atoms with Crippen LogP contribution in [-0.2, 0) is 18.4 Å². The van der Waals surface area contributed by atoms with Gasteiger partial charge in [-0.1, -0.05) is 13.8 Å².